The Morgan fingerprint density at radius 2 is 0.886 bits per heavy atom. The zero-order valence-corrected chi connectivity index (χ0v) is 24.9. The van der Waals surface area contributed by atoms with E-state index in [4.69, 9.17) is 28.4 Å². The highest BCUT2D eigenvalue weighted by Gasteiger charge is 2.19. The molecule has 4 aromatic rings. The van der Waals surface area contributed by atoms with Gasteiger partial charge < -0.3 is 28.4 Å². The Kier molecular flexibility index (Phi) is 11.4. The fraction of sp³-hybridized carbons (Fsp3) is 0.222. The average Bonchev–Trinajstić information content (AvgIpc) is 3.04. The second-order valence-electron chi connectivity index (χ2n) is 10.2. The number of carbonyl (C=O) groups excluding carboxylic acids is 2. The summed E-state index contributed by atoms with van der Waals surface area (Å²) in [6.07, 6.45) is -1.33. The van der Waals surface area contributed by atoms with Gasteiger partial charge in [0.25, 0.3) is 0 Å². The lowest BCUT2D eigenvalue weighted by Gasteiger charge is -2.20. The number of rotatable bonds is 16. The molecule has 0 aromatic heterocycles. The predicted molar refractivity (Wildman–Crippen MR) is 168 cm³/mol. The smallest absolute Gasteiger partial charge is 0.333 e. The molecular weight excluding hydrogens is 560 g/mol. The van der Waals surface area contributed by atoms with Crippen LogP contribution in [0, 0.1) is 0 Å². The molecule has 0 amide bonds. The molecule has 4 rings (SSSR count). The van der Waals surface area contributed by atoms with Crippen molar-refractivity contribution in [3.8, 4) is 23.0 Å². The lowest BCUT2D eigenvalue weighted by Crippen LogP contribution is -2.31. The van der Waals surface area contributed by atoms with Gasteiger partial charge in [0.2, 0.25) is 0 Å². The van der Waals surface area contributed by atoms with E-state index in [0.717, 1.165) is 10.8 Å². The van der Waals surface area contributed by atoms with Gasteiger partial charge in [0.1, 0.15) is 49.4 Å². The minimum absolute atomic E-state index is 0.0741. The largest absolute Gasteiger partial charge is 0.490 e. The Labute approximate surface area is 257 Å². The highest BCUT2D eigenvalue weighted by atomic mass is 16.6. The Balaban J connectivity index is 1.40. The minimum Gasteiger partial charge on any atom is -0.490 e. The third-order valence-corrected chi connectivity index (χ3v) is 6.26. The van der Waals surface area contributed by atoms with Crippen LogP contribution in [0.15, 0.2) is 121 Å². The molecule has 0 aliphatic heterocycles. The van der Waals surface area contributed by atoms with Crippen LogP contribution in [0.25, 0.3) is 10.8 Å². The second-order valence-corrected chi connectivity index (χ2v) is 10.2. The molecule has 0 aliphatic rings. The van der Waals surface area contributed by atoms with Crippen molar-refractivity contribution >= 4 is 22.7 Å². The van der Waals surface area contributed by atoms with E-state index in [1.807, 2.05) is 97.1 Å². The number of para-hydroxylation sites is 2. The first-order valence-corrected chi connectivity index (χ1v) is 14.1. The summed E-state index contributed by atoms with van der Waals surface area (Å²) < 4.78 is 34.7. The second kappa shape index (κ2) is 15.8. The maximum Gasteiger partial charge on any atom is 0.333 e. The molecule has 44 heavy (non-hydrogen) atoms. The SMILES string of the molecule is C=C(C)C(=O)OC(COc1ccccc1)COc1ccc2ccc(OCC(COc3ccccc3)OC(=O)C(=C)C)cc2c1. The van der Waals surface area contributed by atoms with Crippen molar-refractivity contribution in [2.75, 3.05) is 26.4 Å². The monoisotopic (exact) mass is 596 g/mol. The molecule has 8 nitrogen and oxygen atoms in total. The maximum absolute atomic E-state index is 12.2. The predicted octanol–water partition coefficient (Wildman–Crippen LogP) is 6.73. The fourth-order valence-corrected chi connectivity index (χ4v) is 3.91. The van der Waals surface area contributed by atoms with Crippen molar-refractivity contribution in [1.29, 1.82) is 0 Å². The van der Waals surface area contributed by atoms with Crippen molar-refractivity contribution in [2.45, 2.75) is 26.1 Å². The van der Waals surface area contributed by atoms with E-state index in [1.54, 1.807) is 13.8 Å². The maximum atomic E-state index is 12.2. The molecule has 0 bridgehead atoms. The summed E-state index contributed by atoms with van der Waals surface area (Å²) in [5, 5.41) is 1.84. The summed E-state index contributed by atoms with van der Waals surface area (Å²) in [6.45, 7) is 10.9. The van der Waals surface area contributed by atoms with E-state index in [-0.39, 0.29) is 37.6 Å². The Hall–Kier alpha value is -5.24. The molecule has 0 saturated carbocycles. The van der Waals surface area contributed by atoms with E-state index < -0.39 is 24.1 Å². The number of ether oxygens (including phenoxy) is 6. The summed E-state index contributed by atoms with van der Waals surface area (Å²) in [4.78, 5) is 24.4. The van der Waals surface area contributed by atoms with E-state index in [1.165, 1.54) is 0 Å². The first-order chi connectivity index (χ1) is 21.3. The molecule has 2 atom stereocenters. The van der Waals surface area contributed by atoms with E-state index in [9.17, 15) is 9.59 Å². The molecule has 228 valence electrons. The summed E-state index contributed by atoms with van der Waals surface area (Å²) in [7, 11) is 0. The Bertz CT molecular complexity index is 1450. The average molecular weight is 597 g/mol. The molecule has 2 unspecified atom stereocenters. The number of benzene rings is 4. The van der Waals surface area contributed by atoms with Gasteiger partial charge in [-0.3, -0.25) is 0 Å². The normalized spacial score (nSPS) is 12.0. The van der Waals surface area contributed by atoms with Gasteiger partial charge in [-0.05, 0) is 73.2 Å². The highest BCUT2D eigenvalue weighted by Crippen LogP contribution is 2.26. The van der Waals surface area contributed by atoms with Crippen molar-refractivity contribution in [3.63, 3.8) is 0 Å². The minimum atomic E-state index is -0.665. The van der Waals surface area contributed by atoms with Crippen LogP contribution >= 0.6 is 0 Å². The third-order valence-electron chi connectivity index (χ3n) is 6.26. The van der Waals surface area contributed by atoms with Gasteiger partial charge >= 0.3 is 11.9 Å². The van der Waals surface area contributed by atoms with Crippen molar-refractivity contribution in [3.05, 3.63) is 121 Å². The quantitative estimate of drug-likeness (QED) is 0.104. The first-order valence-electron chi connectivity index (χ1n) is 14.1. The van der Waals surface area contributed by atoms with Gasteiger partial charge in [-0.25, -0.2) is 9.59 Å². The number of hydrogen-bond donors (Lipinski definition) is 0. The summed E-state index contributed by atoms with van der Waals surface area (Å²) in [5.74, 6) is 1.44. The standard InChI is InChI=1S/C36H36O8/c1-25(2)35(37)43-33(21-39-29-11-7-5-8-12-29)23-41-31-17-15-27-16-18-32(20-28(27)19-31)42-24-34(44-36(38)26(3)4)22-40-30-13-9-6-10-14-30/h5-20,33-34H,1,3,21-24H2,2,4H3. The van der Waals surface area contributed by atoms with Gasteiger partial charge in [0.05, 0.1) is 0 Å². The molecule has 4 aromatic carbocycles. The summed E-state index contributed by atoms with van der Waals surface area (Å²) in [5.41, 5.74) is 0.576. The van der Waals surface area contributed by atoms with E-state index >= 15 is 0 Å². The molecule has 0 fully saturated rings. The number of hydrogen-bond acceptors (Lipinski definition) is 8. The highest BCUT2D eigenvalue weighted by molar-refractivity contribution is 5.87. The van der Waals surface area contributed by atoms with Crippen molar-refractivity contribution in [1.82, 2.24) is 0 Å². The van der Waals surface area contributed by atoms with Gasteiger partial charge in [-0.2, -0.15) is 0 Å². The van der Waals surface area contributed by atoms with Crippen LogP contribution < -0.4 is 18.9 Å². The van der Waals surface area contributed by atoms with Crippen LogP contribution in [-0.2, 0) is 19.1 Å². The van der Waals surface area contributed by atoms with Gasteiger partial charge in [0, 0.05) is 11.1 Å². The van der Waals surface area contributed by atoms with Crippen molar-refractivity contribution in [2.24, 2.45) is 0 Å². The number of carbonyl (C=O) groups is 2. The summed E-state index contributed by atoms with van der Waals surface area (Å²) in [6, 6.07) is 29.8. The van der Waals surface area contributed by atoms with Gasteiger partial charge in [0.15, 0.2) is 12.2 Å². The van der Waals surface area contributed by atoms with Gasteiger partial charge in [-0.1, -0.05) is 61.7 Å². The fourth-order valence-electron chi connectivity index (χ4n) is 3.91. The lowest BCUT2D eigenvalue weighted by molar-refractivity contribution is -0.148. The van der Waals surface area contributed by atoms with Crippen LogP contribution in [-0.4, -0.2) is 50.6 Å². The number of fused-ring (bicyclic) bond motifs is 1. The summed E-state index contributed by atoms with van der Waals surface area (Å²) >= 11 is 0. The van der Waals surface area contributed by atoms with E-state index in [2.05, 4.69) is 13.2 Å². The molecular formula is C36H36O8. The third kappa shape index (κ3) is 9.94. The molecule has 0 heterocycles. The Morgan fingerprint density at radius 1 is 0.523 bits per heavy atom. The van der Waals surface area contributed by atoms with Crippen LogP contribution in [0.3, 0.4) is 0 Å². The molecule has 0 radical (unpaired) electrons. The first kappa shape index (κ1) is 31.7. The van der Waals surface area contributed by atoms with Crippen LogP contribution in [0.1, 0.15) is 13.8 Å². The van der Waals surface area contributed by atoms with Crippen LogP contribution in [0.5, 0.6) is 23.0 Å². The van der Waals surface area contributed by atoms with Crippen LogP contribution in [0.2, 0.25) is 0 Å². The Morgan fingerprint density at radius 3 is 1.25 bits per heavy atom. The van der Waals surface area contributed by atoms with Crippen LogP contribution in [0.4, 0.5) is 0 Å². The molecule has 0 saturated heterocycles. The molecule has 8 heteroatoms. The molecule has 0 aliphatic carbocycles. The lowest BCUT2D eigenvalue weighted by atomic mass is 10.1. The topological polar surface area (TPSA) is 89.5 Å². The number of esters is 2. The molecule has 0 spiro atoms. The molecule has 0 N–H and O–H groups in total. The van der Waals surface area contributed by atoms with E-state index in [0.29, 0.717) is 23.0 Å². The van der Waals surface area contributed by atoms with Gasteiger partial charge in [-0.15, -0.1) is 0 Å². The zero-order chi connectivity index (χ0) is 31.3. The zero-order valence-electron chi connectivity index (χ0n) is 24.9. The van der Waals surface area contributed by atoms with Crippen molar-refractivity contribution < 1.29 is 38.0 Å².